The fraction of sp³-hybridized carbons (Fsp3) is 0.333. The van der Waals surface area contributed by atoms with Gasteiger partial charge in [0.05, 0.1) is 0 Å². The Bertz CT molecular complexity index is 620. The first-order chi connectivity index (χ1) is 10.2. The van der Waals surface area contributed by atoms with Gasteiger partial charge in [0.1, 0.15) is 16.5 Å². The van der Waals surface area contributed by atoms with E-state index in [1.54, 1.807) is 17.5 Å². The number of amides is 1. The summed E-state index contributed by atoms with van der Waals surface area (Å²) >= 11 is 1.39. The lowest BCUT2D eigenvalue weighted by Gasteiger charge is -2.23. The van der Waals surface area contributed by atoms with Crippen molar-refractivity contribution >= 4 is 17.2 Å². The highest BCUT2D eigenvalue weighted by Gasteiger charge is 2.18. The third-order valence-electron chi connectivity index (χ3n) is 3.50. The van der Waals surface area contributed by atoms with E-state index in [2.05, 4.69) is 15.6 Å². The van der Waals surface area contributed by atoms with Crippen LogP contribution in [-0.2, 0) is 0 Å². The first-order valence-corrected chi connectivity index (χ1v) is 7.83. The van der Waals surface area contributed by atoms with E-state index in [1.165, 1.54) is 23.5 Å². The zero-order valence-electron chi connectivity index (χ0n) is 11.4. The molecule has 2 N–H and O–H groups in total. The largest absolute Gasteiger partial charge is 0.348 e. The minimum Gasteiger partial charge on any atom is -0.348 e. The highest BCUT2D eigenvalue weighted by Crippen LogP contribution is 2.24. The molecule has 6 heteroatoms. The standard InChI is InChI=1S/C15H16FN3OS/c16-11-3-1-10(2-4-11)15-19-13(9-21-15)14(20)18-12-5-7-17-8-6-12/h1-4,9,12,17H,5-8H2,(H,18,20). The Morgan fingerprint density at radius 3 is 2.71 bits per heavy atom. The van der Waals surface area contributed by atoms with Crippen molar-refractivity contribution in [3.63, 3.8) is 0 Å². The summed E-state index contributed by atoms with van der Waals surface area (Å²) in [6, 6.07) is 6.34. The van der Waals surface area contributed by atoms with Crippen LogP contribution >= 0.6 is 11.3 Å². The Morgan fingerprint density at radius 1 is 1.29 bits per heavy atom. The van der Waals surface area contributed by atoms with Crippen molar-refractivity contribution in [2.24, 2.45) is 0 Å². The summed E-state index contributed by atoms with van der Waals surface area (Å²) < 4.78 is 12.9. The molecule has 1 aromatic heterocycles. The first-order valence-electron chi connectivity index (χ1n) is 6.95. The quantitative estimate of drug-likeness (QED) is 0.916. The second kappa shape index (κ2) is 6.32. The number of carbonyl (C=O) groups excluding carboxylic acids is 1. The monoisotopic (exact) mass is 305 g/mol. The summed E-state index contributed by atoms with van der Waals surface area (Å²) in [7, 11) is 0. The third-order valence-corrected chi connectivity index (χ3v) is 4.39. The summed E-state index contributed by atoms with van der Waals surface area (Å²) in [6.45, 7) is 1.87. The zero-order valence-corrected chi connectivity index (χ0v) is 12.3. The van der Waals surface area contributed by atoms with Gasteiger partial charge in [-0.15, -0.1) is 11.3 Å². The third kappa shape index (κ3) is 3.46. The molecule has 1 aromatic carbocycles. The van der Waals surface area contributed by atoms with Crippen LogP contribution in [0, 0.1) is 5.82 Å². The molecule has 1 amide bonds. The molecule has 110 valence electrons. The summed E-state index contributed by atoms with van der Waals surface area (Å²) in [5.74, 6) is -0.411. The summed E-state index contributed by atoms with van der Waals surface area (Å²) in [5.41, 5.74) is 1.25. The molecule has 2 aromatic rings. The number of thiazole rings is 1. The van der Waals surface area contributed by atoms with Crippen LogP contribution in [0.1, 0.15) is 23.3 Å². The topological polar surface area (TPSA) is 54.0 Å². The van der Waals surface area contributed by atoms with E-state index in [1.807, 2.05) is 0 Å². The SMILES string of the molecule is O=C(NC1CCNCC1)c1csc(-c2ccc(F)cc2)n1. The lowest BCUT2D eigenvalue weighted by Crippen LogP contribution is -2.42. The Morgan fingerprint density at radius 2 is 2.00 bits per heavy atom. The Balaban J connectivity index is 1.69. The normalized spacial score (nSPS) is 15.9. The van der Waals surface area contributed by atoms with E-state index >= 15 is 0 Å². The Labute approximate surface area is 126 Å². The molecule has 0 unspecified atom stereocenters. The average Bonchev–Trinajstić information content (AvgIpc) is 2.99. The molecular weight excluding hydrogens is 289 g/mol. The number of carbonyl (C=O) groups is 1. The van der Waals surface area contributed by atoms with Gasteiger partial charge in [0, 0.05) is 17.0 Å². The van der Waals surface area contributed by atoms with Crippen LogP contribution in [0.3, 0.4) is 0 Å². The molecule has 0 radical (unpaired) electrons. The van der Waals surface area contributed by atoms with Crippen molar-refractivity contribution < 1.29 is 9.18 Å². The number of piperidine rings is 1. The van der Waals surface area contributed by atoms with Gasteiger partial charge in [0.25, 0.3) is 5.91 Å². The van der Waals surface area contributed by atoms with Gasteiger partial charge in [-0.05, 0) is 50.2 Å². The number of benzene rings is 1. The number of rotatable bonds is 3. The van der Waals surface area contributed by atoms with E-state index in [-0.39, 0.29) is 17.8 Å². The number of hydrogen-bond acceptors (Lipinski definition) is 4. The van der Waals surface area contributed by atoms with E-state index < -0.39 is 0 Å². The van der Waals surface area contributed by atoms with Crippen molar-refractivity contribution in [1.29, 1.82) is 0 Å². The lowest BCUT2D eigenvalue weighted by atomic mass is 10.1. The Hall–Kier alpha value is -1.79. The fourth-order valence-electron chi connectivity index (χ4n) is 2.33. The molecule has 4 nitrogen and oxygen atoms in total. The number of nitrogens with one attached hydrogen (secondary N) is 2. The fourth-order valence-corrected chi connectivity index (χ4v) is 3.13. The van der Waals surface area contributed by atoms with Crippen molar-refractivity contribution in [2.75, 3.05) is 13.1 Å². The molecule has 1 aliphatic rings. The molecule has 1 aliphatic heterocycles. The maximum atomic E-state index is 12.9. The first kappa shape index (κ1) is 14.2. The smallest absolute Gasteiger partial charge is 0.270 e. The molecule has 0 aliphatic carbocycles. The second-order valence-electron chi connectivity index (χ2n) is 5.04. The molecular formula is C15H16FN3OS. The Kier molecular flexibility index (Phi) is 4.26. The van der Waals surface area contributed by atoms with Gasteiger partial charge in [0.15, 0.2) is 0 Å². The maximum Gasteiger partial charge on any atom is 0.270 e. The molecule has 0 saturated carbocycles. The van der Waals surface area contributed by atoms with Crippen molar-refractivity contribution in [3.8, 4) is 10.6 Å². The van der Waals surface area contributed by atoms with Crippen molar-refractivity contribution in [1.82, 2.24) is 15.6 Å². The van der Waals surface area contributed by atoms with Gasteiger partial charge >= 0.3 is 0 Å². The van der Waals surface area contributed by atoms with Crippen LogP contribution in [-0.4, -0.2) is 30.0 Å². The molecule has 1 saturated heterocycles. The number of aromatic nitrogens is 1. The predicted molar refractivity (Wildman–Crippen MR) is 80.9 cm³/mol. The molecule has 21 heavy (non-hydrogen) atoms. The molecule has 0 bridgehead atoms. The van der Waals surface area contributed by atoms with Gasteiger partial charge < -0.3 is 10.6 Å². The highest BCUT2D eigenvalue weighted by molar-refractivity contribution is 7.13. The lowest BCUT2D eigenvalue weighted by molar-refractivity contribution is 0.0925. The summed E-state index contributed by atoms with van der Waals surface area (Å²) in [4.78, 5) is 16.5. The van der Waals surface area contributed by atoms with Crippen LogP contribution in [0.15, 0.2) is 29.6 Å². The van der Waals surface area contributed by atoms with Crippen LogP contribution in [0.4, 0.5) is 4.39 Å². The molecule has 3 rings (SSSR count). The average molecular weight is 305 g/mol. The molecule has 2 heterocycles. The molecule has 0 atom stereocenters. The van der Waals surface area contributed by atoms with Gasteiger partial charge in [-0.2, -0.15) is 0 Å². The van der Waals surface area contributed by atoms with Crippen molar-refractivity contribution in [2.45, 2.75) is 18.9 Å². The van der Waals surface area contributed by atoms with E-state index in [0.29, 0.717) is 5.69 Å². The van der Waals surface area contributed by atoms with E-state index in [9.17, 15) is 9.18 Å². The predicted octanol–water partition coefficient (Wildman–Crippen LogP) is 2.43. The van der Waals surface area contributed by atoms with E-state index in [4.69, 9.17) is 0 Å². The number of halogens is 1. The van der Waals surface area contributed by atoms with Gasteiger partial charge in [0.2, 0.25) is 0 Å². The van der Waals surface area contributed by atoms with Gasteiger partial charge in [-0.3, -0.25) is 4.79 Å². The number of hydrogen-bond donors (Lipinski definition) is 2. The van der Waals surface area contributed by atoms with Crippen LogP contribution in [0.25, 0.3) is 10.6 Å². The van der Waals surface area contributed by atoms with Crippen LogP contribution in [0.5, 0.6) is 0 Å². The minimum absolute atomic E-state index is 0.133. The highest BCUT2D eigenvalue weighted by atomic mass is 32.1. The molecule has 1 fully saturated rings. The van der Waals surface area contributed by atoms with E-state index in [0.717, 1.165) is 36.5 Å². The minimum atomic E-state index is -0.279. The zero-order chi connectivity index (χ0) is 14.7. The van der Waals surface area contributed by atoms with Gasteiger partial charge in [-0.25, -0.2) is 9.37 Å². The molecule has 0 spiro atoms. The number of nitrogens with zero attached hydrogens (tertiary/aromatic N) is 1. The van der Waals surface area contributed by atoms with Crippen molar-refractivity contribution in [3.05, 3.63) is 41.2 Å². The van der Waals surface area contributed by atoms with Crippen LogP contribution < -0.4 is 10.6 Å². The maximum absolute atomic E-state index is 12.9. The van der Waals surface area contributed by atoms with Gasteiger partial charge in [-0.1, -0.05) is 0 Å². The summed E-state index contributed by atoms with van der Waals surface area (Å²) in [5, 5.41) is 8.75. The summed E-state index contributed by atoms with van der Waals surface area (Å²) in [6.07, 6.45) is 1.89. The van der Waals surface area contributed by atoms with Crippen LogP contribution in [0.2, 0.25) is 0 Å². The second-order valence-corrected chi connectivity index (χ2v) is 5.90.